The summed E-state index contributed by atoms with van der Waals surface area (Å²) >= 11 is 11.6. The van der Waals surface area contributed by atoms with Crippen LogP contribution in [-0.4, -0.2) is 16.7 Å². The van der Waals surface area contributed by atoms with Gasteiger partial charge in [0.15, 0.2) is 5.78 Å². The largest absolute Gasteiger partial charge is 0.322 e. The molecule has 6 heteroatoms. The highest BCUT2D eigenvalue weighted by molar-refractivity contribution is 6.35. The Balaban J connectivity index is 2.19. The molecule has 1 aromatic carbocycles. The normalized spacial score (nSPS) is 10.2. The van der Waals surface area contributed by atoms with Gasteiger partial charge in [-0.2, -0.15) is 0 Å². The second-order valence-corrected chi connectivity index (χ2v) is 4.87. The zero-order valence-electron chi connectivity index (χ0n) is 10.5. The summed E-state index contributed by atoms with van der Waals surface area (Å²) in [7, 11) is 0. The average Bonchev–Trinajstić information content (AvgIpc) is 2.42. The first-order valence-electron chi connectivity index (χ1n) is 5.71. The first-order chi connectivity index (χ1) is 9.47. The molecular weight excluding hydrogens is 299 g/mol. The van der Waals surface area contributed by atoms with Crippen LogP contribution in [0.15, 0.2) is 36.5 Å². The van der Waals surface area contributed by atoms with Crippen molar-refractivity contribution in [2.75, 3.05) is 5.32 Å². The van der Waals surface area contributed by atoms with Crippen molar-refractivity contribution in [2.24, 2.45) is 0 Å². The second kappa shape index (κ2) is 6.03. The number of nitrogens with zero attached hydrogens (tertiary/aromatic N) is 1. The lowest BCUT2D eigenvalue weighted by Gasteiger charge is -2.07. The molecule has 1 heterocycles. The lowest BCUT2D eigenvalue weighted by molar-refractivity contribution is 0.101. The van der Waals surface area contributed by atoms with Crippen LogP contribution in [0.4, 0.5) is 5.69 Å². The van der Waals surface area contributed by atoms with E-state index in [9.17, 15) is 9.59 Å². The number of anilines is 1. The molecule has 0 saturated heterocycles. The quantitative estimate of drug-likeness (QED) is 0.692. The number of hydrogen-bond acceptors (Lipinski definition) is 3. The minimum absolute atomic E-state index is 0.0353. The number of rotatable bonds is 3. The zero-order valence-corrected chi connectivity index (χ0v) is 12.0. The molecule has 0 aliphatic rings. The van der Waals surface area contributed by atoms with Crippen LogP contribution in [0.2, 0.25) is 10.2 Å². The number of pyridine rings is 1. The summed E-state index contributed by atoms with van der Waals surface area (Å²) in [5.74, 6) is -0.429. The molecule has 102 valence electrons. The van der Waals surface area contributed by atoms with Gasteiger partial charge in [0.05, 0.1) is 10.6 Å². The van der Waals surface area contributed by atoms with Gasteiger partial charge in [0.2, 0.25) is 0 Å². The Morgan fingerprint density at radius 3 is 2.40 bits per heavy atom. The molecule has 2 rings (SSSR count). The summed E-state index contributed by atoms with van der Waals surface area (Å²) < 4.78 is 0. The molecule has 0 bridgehead atoms. The number of hydrogen-bond donors (Lipinski definition) is 1. The smallest absolute Gasteiger partial charge is 0.257 e. The van der Waals surface area contributed by atoms with Crippen LogP contribution in [0.5, 0.6) is 0 Å². The van der Waals surface area contributed by atoms with Crippen molar-refractivity contribution in [3.63, 3.8) is 0 Å². The van der Waals surface area contributed by atoms with Crippen molar-refractivity contribution in [1.82, 2.24) is 4.98 Å². The highest BCUT2D eigenvalue weighted by Gasteiger charge is 2.12. The molecule has 0 saturated carbocycles. The summed E-state index contributed by atoms with van der Waals surface area (Å²) in [5, 5.41) is 3.07. The van der Waals surface area contributed by atoms with Crippen LogP contribution >= 0.6 is 23.2 Å². The monoisotopic (exact) mass is 308 g/mol. The third-order valence-electron chi connectivity index (χ3n) is 2.62. The summed E-state index contributed by atoms with van der Waals surface area (Å²) in [6, 6.07) is 7.96. The van der Waals surface area contributed by atoms with E-state index in [4.69, 9.17) is 23.2 Å². The van der Waals surface area contributed by atoms with Gasteiger partial charge < -0.3 is 5.32 Å². The number of Topliss-reactive ketones (excluding diaryl/α,β-unsaturated/α-hetero) is 1. The van der Waals surface area contributed by atoms with Crippen LogP contribution in [-0.2, 0) is 0 Å². The first kappa shape index (κ1) is 14.5. The third-order valence-corrected chi connectivity index (χ3v) is 3.12. The van der Waals surface area contributed by atoms with E-state index in [1.807, 2.05) is 0 Å². The number of aromatic nitrogens is 1. The molecular formula is C14H10Cl2N2O2. The van der Waals surface area contributed by atoms with Crippen molar-refractivity contribution in [3.8, 4) is 0 Å². The minimum atomic E-state index is -0.394. The predicted octanol–water partition coefficient (Wildman–Crippen LogP) is 3.84. The van der Waals surface area contributed by atoms with Crippen LogP contribution in [0.1, 0.15) is 27.6 Å². The Labute approximate surface area is 125 Å². The van der Waals surface area contributed by atoms with Crippen LogP contribution in [0.3, 0.4) is 0 Å². The fourth-order valence-corrected chi connectivity index (χ4v) is 1.92. The van der Waals surface area contributed by atoms with E-state index in [0.717, 1.165) is 0 Å². The average molecular weight is 309 g/mol. The molecule has 4 nitrogen and oxygen atoms in total. The number of carbonyl (C=O) groups is 2. The number of ketones is 1. The van der Waals surface area contributed by atoms with E-state index in [1.165, 1.54) is 19.2 Å². The maximum absolute atomic E-state index is 12.1. The van der Waals surface area contributed by atoms with E-state index in [1.54, 1.807) is 24.3 Å². The molecule has 0 atom stereocenters. The topological polar surface area (TPSA) is 59.1 Å². The fraction of sp³-hybridized carbons (Fsp3) is 0.0714. The Bertz CT molecular complexity index is 669. The standard InChI is InChI=1S/C14H10Cl2N2O2/c1-8(19)9-2-4-10(5-3-9)18-14(20)11-6-13(16)17-7-12(11)15/h2-7H,1H3,(H,18,20). The molecule has 1 aromatic heterocycles. The van der Waals surface area contributed by atoms with Crippen molar-refractivity contribution in [1.29, 1.82) is 0 Å². The van der Waals surface area contributed by atoms with E-state index < -0.39 is 5.91 Å². The van der Waals surface area contributed by atoms with Gasteiger partial charge in [0.1, 0.15) is 5.15 Å². The molecule has 20 heavy (non-hydrogen) atoms. The summed E-state index contributed by atoms with van der Waals surface area (Å²) in [5.41, 5.74) is 1.37. The van der Waals surface area contributed by atoms with Gasteiger partial charge in [0, 0.05) is 17.4 Å². The molecule has 0 unspecified atom stereocenters. The van der Waals surface area contributed by atoms with E-state index >= 15 is 0 Å². The number of carbonyl (C=O) groups excluding carboxylic acids is 2. The predicted molar refractivity (Wildman–Crippen MR) is 78.7 cm³/mol. The summed E-state index contributed by atoms with van der Waals surface area (Å²) in [6.07, 6.45) is 1.32. The molecule has 0 aliphatic heterocycles. The van der Waals surface area contributed by atoms with Gasteiger partial charge in [-0.25, -0.2) is 4.98 Å². The second-order valence-electron chi connectivity index (χ2n) is 4.07. The van der Waals surface area contributed by atoms with Gasteiger partial charge in [-0.15, -0.1) is 0 Å². The van der Waals surface area contributed by atoms with Crippen molar-refractivity contribution >= 4 is 40.6 Å². The first-order valence-corrected chi connectivity index (χ1v) is 6.46. The number of amides is 1. The van der Waals surface area contributed by atoms with Gasteiger partial charge in [0.25, 0.3) is 5.91 Å². The molecule has 2 aromatic rings. The van der Waals surface area contributed by atoms with Gasteiger partial charge in [-0.3, -0.25) is 9.59 Å². The lowest BCUT2D eigenvalue weighted by atomic mass is 10.1. The number of benzene rings is 1. The van der Waals surface area contributed by atoms with Crippen molar-refractivity contribution in [3.05, 3.63) is 57.8 Å². The van der Waals surface area contributed by atoms with E-state index in [2.05, 4.69) is 10.3 Å². The SMILES string of the molecule is CC(=O)c1ccc(NC(=O)c2cc(Cl)ncc2Cl)cc1. The number of halogens is 2. The van der Waals surface area contributed by atoms with Gasteiger partial charge in [-0.05, 0) is 37.3 Å². The van der Waals surface area contributed by atoms with Gasteiger partial charge in [-0.1, -0.05) is 23.2 Å². The lowest BCUT2D eigenvalue weighted by Crippen LogP contribution is -2.12. The Kier molecular flexibility index (Phi) is 4.37. The fourth-order valence-electron chi connectivity index (χ4n) is 1.57. The van der Waals surface area contributed by atoms with Crippen molar-refractivity contribution in [2.45, 2.75) is 6.92 Å². The molecule has 0 fully saturated rings. The molecule has 0 spiro atoms. The van der Waals surface area contributed by atoms with Crippen LogP contribution in [0, 0.1) is 0 Å². The van der Waals surface area contributed by atoms with Crippen LogP contribution < -0.4 is 5.32 Å². The maximum atomic E-state index is 12.1. The zero-order chi connectivity index (χ0) is 14.7. The molecule has 1 amide bonds. The van der Waals surface area contributed by atoms with Crippen molar-refractivity contribution < 1.29 is 9.59 Å². The highest BCUT2D eigenvalue weighted by atomic mass is 35.5. The summed E-state index contributed by atoms with van der Waals surface area (Å²) in [4.78, 5) is 27.0. The summed E-state index contributed by atoms with van der Waals surface area (Å²) in [6.45, 7) is 1.48. The Morgan fingerprint density at radius 1 is 1.15 bits per heavy atom. The minimum Gasteiger partial charge on any atom is -0.322 e. The van der Waals surface area contributed by atoms with Gasteiger partial charge >= 0.3 is 0 Å². The molecule has 0 radical (unpaired) electrons. The third kappa shape index (κ3) is 3.35. The molecule has 0 aliphatic carbocycles. The number of nitrogens with one attached hydrogen (secondary N) is 1. The Hall–Kier alpha value is -1.91. The highest BCUT2D eigenvalue weighted by Crippen LogP contribution is 2.20. The van der Waals surface area contributed by atoms with Crippen LogP contribution in [0.25, 0.3) is 0 Å². The van der Waals surface area contributed by atoms with E-state index in [-0.39, 0.29) is 21.5 Å². The van der Waals surface area contributed by atoms with E-state index in [0.29, 0.717) is 11.3 Å². The Morgan fingerprint density at radius 2 is 1.80 bits per heavy atom. The maximum Gasteiger partial charge on any atom is 0.257 e. The molecule has 1 N–H and O–H groups in total.